The van der Waals surface area contributed by atoms with Crippen molar-refractivity contribution in [3.8, 4) is 0 Å². The first-order valence-corrected chi connectivity index (χ1v) is 5.98. The standard InChI is InChI=1S/C11H18N4O2/c1-2-17-11(16)14-9-7-13-15(8-9)10-3-5-12-6-4-10/h7-8,10,12H,2-6H2,1H3,(H,14,16). The predicted molar refractivity (Wildman–Crippen MR) is 64.0 cm³/mol. The van der Waals surface area contributed by atoms with Gasteiger partial charge in [0.05, 0.1) is 24.5 Å². The van der Waals surface area contributed by atoms with Crippen molar-refractivity contribution in [3.05, 3.63) is 12.4 Å². The van der Waals surface area contributed by atoms with Gasteiger partial charge in [-0.3, -0.25) is 10.00 Å². The quantitative estimate of drug-likeness (QED) is 0.834. The van der Waals surface area contributed by atoms with E-state index in [1.807, 2.05) is 10.9 Å². The highest BCUT2D eigenvalue weighted by Crippen LogP contribution is 2.19. The predicted octanol–water partition coefficient (Wildman–Crippen LogP) is 1.38. The Bertz CT molecular complexity index is 371. The maximum Gasteiger partial charge on any atom is 0.411 e. The number of rotatable bonds is 3. The van der Waals surface area contributed by atoms with Crippen molar-refractivity contribution in [1.29, 1.82) is 0 Å². The number of aromatic nitrogens is 2. The molecule has 6 heteroatoms. The molecule has 0 saturated carbocycles. The normalized spacial score (nSPS) is 16.8. The molecule has 1 aromatic heterocycles. The Morgan fingerprint density at radius 1 is 1.65 bits per heavy atom. The van der Waals surface area contributed by atoms with Gasteiger partial charge >= 0.3 is 6.09 Å². The molecule has 2 rings (SSSR count). The van der Waals surface area contributed by atoms with E-state index in [9.17, 15) is 4.79 Å². The van der Waals surface area contributed by atoms with Crippen LogP contribution in [-0.2, 0) is 4.74 Å². The molecule has 2 heterocycles. The average Bonchev–Trinajstić information content (AvgIpc) is 2.79. The summed E-state index contributed by atoms with van der Waals surface area (Å²) in [6, 6.07) is 0.425. The third kappa shape index (κ3) is 3.20. The highest BCUT2D eigenvalue weighted by atomic mass is 16.5. The number of anilines is 1. The summed E-state index contributed by atoms with van der Waals surface area (Å²) in [5, 5.41) is 10.2. The van der Waals surface area contributed by atoms with Crippen LogP contribution in [0.4, 0.5) is 10.5 Å². The zero-order valence-electron chi connectivity index (χ0n) is 9.98. The average molecular weight is 238 g/mol. The van der Waals surface area contributed by atoms with Gasteiger partial charge in [0.2, 0.25) is 0 Å². The lowest BCUT2D eigenvalue weighted by atomic mass is 10.1. The van der Waals surface area contributed by atoms with Crippen LogP contribution >= 0.6 is 0 Å². The molecule has 1 saturated heterocycles. The molecule has 1 fully saturated rings. The van der Waals surface area contributed by atoms with Crippen LogP contribution in [0.1, 0.15) is 25.8 Å². The summed E-state index contributed by atoms with van der Waals surface area (Å²) in [6.07, 6.45) is 5.21. The smallest absolute Gasteiger partial charge is 0.411 e. The number of hydrogen-bond donors (Lipinski definition) is 2. The summed E-state index contributed by atoms with van der Waals surface area (Å²) >= 11 is 0. The van der Waals surface area contributed by atoms with Crippen LogP contribution < -0.4 is 10.6 Å². The molecule has 0 aromatic carbocycles. The second kappa shape index (κ2) is 5.67. The molecule has 17 heavy (non-hydrogen) atoms. The summed E-state index contributed by atoms with van der Waals surface area (Å²) in [5.41, 5.74) is 0.682. The van der Waals surface area contributed by atoms with Crippen molar-refractivity contribution in [3.63, 3.8) is 0 Å². The van der Waals surface area contributed by atoms with Crippen LogP contribution in [0.5, 0.6) is 0 Å². The van der Waals surface area contributed by atoms with E-state index in [0.29, 0.717) is 18.3 Å². The fraction of sp³-hybridized carbons (Fsp3) is 0.636. The number of carbonyl (C=O) groups is 1. The number of nitrogens with one attached hydrogen (secondary N) is 2. The summed E-state index contributed by atoms with van der Waals surface area (Å²) in [4.78, 5) is 11.2. The van der Waals surface area contributed by atoms with Crippen molar-refractivity contribution >= 4 is 11.8 Å². The van der Waals surface area contributed by atoms with Crippen LogP contribution in [0.3, 0.4) is 0 Å². The van der Waals surface area contributed by atoms with Gasteiger partial charge in [0.1, 0.15) is 0 Å². The minimum Gasteiger partial charge on any atom is -0.450 e. The Kier molecular flexibility index (Phi) is 3.98. The largest absolute Gasteiger partial charge is 0.450 e. The van der Waals surface area contributed by atoms with Crippen molar-refractivity contribution in [2.45, 2.75) is 25.8 Å². The van der Waals surface area contributed by atoms with Gasteiger partial charge in [-0.15, -0.1) is 0 Å². The second-order valence-corrected chi connectivity index (χ2v) is 4.04. The van der Waals surface area contributed by atoms with E-state index in [4.69, 9.17) is 4.74 Å². The Labute approximate surface area is 100 Å². The zero-order valence-corrected chi connectivity index (χ0v) is 9.98. The summed E-state index contributed by atoms with van der Waals surface area (Å²) in [6.45, 7) is 4.18. The summed E-state index contributed by atoms with van der Waals surface area (Å²) in [5.74, 6) is 0. The third-order valence-electron chi connectivity index (χ3n) is 2.81. The molecule has 0 unspecified atom stereocenters. The number of piperidine rings is 1. The fourth-order valence-electron chi connectivity index (χ4n) is 1.96. The molecule has 1 aliphatic heterocycles. The first kappa shape index (κ1) is 11.9. The molecule has 6 nitrogen and oxygen atoms in total. The topological polar surface area (TPSA) is 68.2 Å². The fourth-order valence-corrected chi connectivity index (χ4v) is 1.96. The van der Waals surface area contributed by atoms with E-state index >= 15 is 0 Å². The van der Waals surface area contributed by atoms with E-state index < -0.39 is 6.09 Å². The third-order valence-corrected chi connectivity index (χ3v) is 2.81. The lowest BCUT2D eigenvalue weighted by molar-refractivity contribution is 0.168. The van der Waals surface area contributed by atoms with E-state index in [1.165, 1.54) is 0 Å². The molecule has 0 atom stereocenters. The maximum absolute atomic E-state index is 11.2. The monoisotopic (exact) mass is 238 g/mol. The molecule has 1 amide bonds. The van der Waals surface area contributed by atoms with Crippen molar-refractivity contribution in [1.82, 2.24) is 15.1 Å². The van der Waals surface area contributed by atoms with Crippen LogP contribution in [0.25, 0.3) is 0 Å². The minimum absolute atomic E-state index is 0.369. The van der Waals surface area contributed by atoms with Gasteiger partial charge in [-0.25, -0.2) is 4.79 Å². The first-order valence-electron chi connectivity index (χ1n) is 5.98. The molecule has 94 valence electrons. The molecule has 0 aliphatic carbocycles. The van der Waals surface area contributed by atoms with Crippen molar-refractivity contribution in [2.24, 2.45) is 0 Å². The lowest BCUT2D eigenvalue weighted by Crippen LogP contribution is -2.29. The van der Waals surface area contributed by atoms with Crippen LogP contribution in [0, 0.1) is 0 Å². The van der Waals surface area contributed by atoms with Crippen molar-refractivity contribution in [2.75, 3.05) is 25.0 Å². The van der Waals surface area contributed by atoms with Crippen LogP contribution in [-0.4, -0.2) is 35.6 Å². The first-order chi connectivity index (χ1) is 8.29. The van der Waals surface area contributed by atoms with E-state index in [2.05, 4.69) is 15.7 Å². The minimum atomic E-state index is -0.433. The molecule has 1 aliphatic rings. The Morgan fingerprint density at radius 2 is 2.41 bits per heavy atom. The van der Waals surface area contributed by atoms with E-state index in [1.54, 1.807) is 13.1 Å². The number of nitrogens with zero attached hydrogens (tertiary/aromatic N) is 2. The molecule has 0 radical (unpaired) electrons. The number of carbonyl (C=O) groups excluding carboxylic acids is 1. The Balaban J connectivity index is 1.93. The lowest BCUT2D eigenvalue weighted by Gasteiger charge is -2.22. The highest BCUT2D eigenvalue weighted by molar-refractivity contribution is 5.84. The molecule has 1 aromatic rings. The van der Waals surface area contributed by atoms with Gasteiger partial charge in [-0.05, 0) is 32.9 Å². The molecule has 2 N–H and O–H groups in total. The molecule has 0 spiro atoms. The highest BCUT2D eigenvalue weighted by Gasteiger charge is 2.16. The van der Waals surface area contributed by atoms with E-state index in [0.717, 1.165) is 25.9 Å². The SMILES string of the molecule is CCOC(=O)Nc1cnn(C2CCNCC2)c1. The van der Waals surface area contributed by atoms with Gasteiger partial charge < -0.3 is 10.1 Å². The zero-order chi connectivity index (χ0) is 12.1. The van der Waals surface area contributed by atoms with Gasteiger partial charge in [0.15, 0.2) is 0 Å². The summed E-state index contributed by atoms with van der Waals surface area (Å²) in [7, 11) is 0. The van der Waals surface area contributed by atoms with E-state index in [-0.39, 0.29) is 0 Å². The number of hydrogen-bond acceptors (Lipinski definition) is 4. The second-order valence-electron chi connectivity index (χ2n) is 4.04. The van der Waals surface area contributed by atoms with Gasteiger partial charge in [0.25, 0.3) is 0 Å². The number of amides is 1. The van der Waals surface area contributed by atoms with Gasteiger partial charge in [-0.1, -0.05) is 0 Å². The summed E-state index contributed by atoms with van der Waals surface area (Å²) < 4.78 is 6.72. The maximum atomic E-state index is 11.2. The number of ether oxygens (including phenoxy) is 1. The van der Waals surface area contributed by atoms with Crippen LogP contribution in [0.2, 0.25) is 0 Å². The molecular formula is C11H18N4O2. The van der Waals surface area contributed by atoms with Gasteiger partial charge in [0, 0.05) is 6.20 Å². The Hall–Kier alpha value is -1.56. The van der Waals surface area contributed by atoms with Crippen LogP contribution in [0.15, 0.2) is 12.4 Å². The molecular weight excluding hydrogens is 220 g/mol. The molecule has 0 bridgehead atoms. The Morgan fingerprint density at radius 3 is 3.12 bits per heavy atom. The van der Waals surface area contributed by atoms with Crippen molar-refractivity contribution < 1.29 is 9.53 Å². The van der Waals surface area contributed by atoms with Gasteiger partial charge in [-0.2, -0.15) is 5.10 Å².